The first-order chi connectivity index (χ1) is 9.77. The number of hydrogen-bond acceptors (Lipinski definition) is 6. The minimum absolute atomic E-state index is 0.232. The fraction of sp³-hybridized carbons (Fsp3) is 0.364. The van der Waals surface area contributed by atoms with Crippen LogP contribution in [0.3, 0.4) is 0 Å². The van der Waals surface area contributed by atoms with Crippen molar-refractivity contribution in [1.29, 1.82) is 0 Å². The van der Waals surface area contributed by atoms with Crippen LogP contribution in [-0.2, 0) is 14.8 Å². The Kier molecular flexibility index (Phi) is 5.61. The second kappa shape index (κ2) is 6.99. The van der Waals surface area contributed by atoms with Crippen LogP contribution in [0, 0.1) is 10.1 Å². The van der Waals surface area contributed by atoms with Gasteiger partial charge in [0.1, 0.15) is 5.69 Å². The Bertz CT molecular complexity index is 644. The molecular formula is C11H16N4O5S. The van der Waals surface area contributed by atoms with E-state index in [-0.39, 0.29) is 16.3 Å². The summed E-state index contributed by atoms with van der Waals surface area (Å²) < 4.78 is 25.7. The molecule has 4 N–H and O–H groups in total. The summed E-state index contributed by atoms with van der Waals surface area (Å²) in [7, 11) is -4.03. The zero-order valence-corrected chi connectivity index (χ0v) is 12.1. The van der Waals surface area contributed by atoms with Gasteiger partial charge in [0, 0.05) is 12.6 Å². The molecule has 0 unspecified atom stereocenters. The first-order valence-corrected chi connectivity index (χ1v) is 7.56. The van der Waals surface area contributed by atoms with Gasteiger partial charge in [-0.05, 0) is 18.6 Å². The number of amides is 1. The number of carbonyl (C=O) groups excluding carboxylic acids is 1. The van der Waals surface area contributed by atoms with Crippen molar-refractivity contribution in [2.45, 2.75) is 18.2 Å². The van der Waals surface area contributed by atoms with E-state index < -0.39 is 27.4 Å². The Morgan fingerprint density at radius 2 is 2.10 bits per heavy atom. The Morgan fingerprint density at radius 1 is 1.43 bits per heavy atom. The first-order valence-electron chi connectivity index (χ1n) is 6.08. The Morgan fingerprint density at radius 3 is 2.62 bits per heavy atom. The number of primary amides is 1. The van der Waals surface area contributed by atoms with Crippen LogP contribution < -0.4 is 15.8 Å². The smallest absolute Gasteiger partial charge is 0.293 e. The van der Waals surface area contributed by atoms with Gasteiger partial charge in [-0.3, -0.25) is 14.9 Å². The van der Waals surface area contributed by atoms with E-state index in [0.29, 0.717) is 6.54 Å². The Balaban J connectivity index is 3.13. The van der Waals surface area contributed by atoms with Crippen LogP contribution >= 0.6 is 0 Å². The highest BCUT2D eigenvalue weighted by Gasteiger charge is 2.21. The Hall–Kier alpha value is -2.20. The van der Waals surface area contributed by atoms with Gasteiger partial charge in [0.2, 0.25) is 15.9 Å². The van der Waals surface area contributed by atoms with Gasteiger partial charge in [-0.2, -0.15) is 0 Å². The summed E-state index contributed by atoms with van der Waals surface area (Å²) >= 11 is 0. The number of sulfonamides is 1. The monoisotopic (exact) mass is 316 g/mol. The van der Waals surface area contributed by atoms with E-state index in [2.05, 4.69) is 5.32 Å². The minimum atomic E-state index is -4.03. The second-order valence-electron chi connectivity index (χ2n) is 4.15. The molecule has 21 heavy (non-hydrogen) atoms. The molecule has 1 amide bonds. The lowest BCUT2D eigenvalue weighted by molar-refractivity contribution is -0.384. The van der Waals surface area contributed by atoms with Gasteiger partial charge in [0.25, 0.3) is 5.69 Å². The second-order valence-corrected chi connectivity index (χ2v) is 5.92. The molecule has 116 valence electrons. The van der Waals surface area contributed by atoms with E-state index in [0.717, 1.165) is 12.5 Å². The van der Waals surface area contributed by atoms with E-state index in [1.807, 2.05) is 11.6 Å². The van der Waals surface area contributed by atoms with Gasteiger partial charge in [-0.15, -0.1) is 0 Å². The fourth-order valence-electron chi connectivity index (χ4n) is 1.49. The molecule has 1 aromatic rings. The maximum absolute atomic E-state index is 11.9. The normalized spacial score (nSPS) is 11.1. The topological polar surface area (TPSA) is 144 Å². The molecule has 0 fully saturated rings. The lowest BCUT2D eigenvalue weighted by atomic mass is 10.2. The molecule has 0 aliphatic carbocycles. The highest BCUT2D eigenvalue weighted by Crippen LogP contribution is 2.27. The molecule has 1 aromatic carbocycles. The van der Waals surface area contributed by atoms with Crippen LogP contribution in [0.15, 0.2) is 23.1 Å². The molecule has 0 atom stereocenters. The van der Waals surface area contributed by atoms with Crippen LogP contribution in [0.5, 0.6) is 0 Å². The molecule has 0 saturated carbocycles. The highest BCUT2D eigenvalue weighted by atomic mass is 32.2. The van der Waals surface area contributed by atoms with Gasteiger partial charge in [-0.1, -0.05) is 6.92 Å². The van der Waals surface area contributed by atoms with E-state index in [1.54, 1.807) is 0 Å². The van der Waals surface area contributed by atoms with Gasteiger partial charge in [0.05, 0.1) is 16.4 Å². The lowest BCUT2D eigenvalue weighted by Gasteiger charge is -2.09. The number of rotatable bonds is 8. The van der Waals surface area contributed by atoms with Gasteiger partial charge in [0.15, 0.2) is 0 Å². The summed E-state index contributed by atoms with van der Waals surface area (Å²) in [6, 6.07) is 3.46. The summed E-state index contributed by atoms with van der Waals surface area (Å²) in [5.41, 5.74) is 4.73. The number of nitrogens with two attached hydrogens (primary N) is 1. The zero-order valence-electron chi connectivity index (χ0n) is 11.3. The molecule has 0 aromatic heterocycles. The van der Waals surface area contributed by atoms with Crippen molar-refractivity contribution in [3.05, 3.63) is 28.3 Å². The van der Waals surface area contributed by atoms with Crippen LogP contribution in [0.4, 0.5) is 11.4 Å². The number of anilines is 1. The third-order valence-electron chi connectivity index (χ3n) is 2.48. The van der Waals surface area contributed by atoms with Gasteiger partial charge >= 0.3 is 0 Å². The van der Waals surface area contributed by atoms with Crippen molar-refractivity contribution in [3.8, 4) is 0 Å². The number of hydrogen-bond donors (Lipinski definition) is 3. The van der Waals surface area contributed by atoms with Gasteiger partial charge < -0.3 is 11.1 Å². The molecular weight excluding hydrogens is 300 g/mol. The maximum atomic E-state index is 11.9. The first kappa shape index (κ1) is 16.9. The number of nitrogens with zero attached hydrogens (tertiary/aromatic N) is 1. The predicted molar refractivity (Wildman–Crippen MR) is 76.3 cm³/mol. The van der Waals surface area contributed by atoms with Crippen molar-refractivity contribution in [2.75, 3.05) is 18.4 Å². The van der Waals surface area contributed by atoms with Crippen molar-refractivity contribution < 1.29 is 18.1 Å². The van der Waals surface area contributed by atoms with Crippen LogP contribution in [0.25, 0.3) is 0 Å². The third-order valence-corrected chi connectivity index (χ3v) is 3.88. The van der Waals surface area contributed by atoms with Crippen molar-refractivity contribution in [3.63, 3.8) is 0 Å². The standard InChI is InChI=1S/C11H16N4O5S/c1-2-5-13-9-4-3-8(6-10(9)15(17)18)21(19,20)14-7-11(12)16/h3-4,6,13-14H,2,5,7H2,1H3,(H2,12,16). The van der Waals surface area contributed by atoms with Crippen LogP contribution in [-0.4, -0.2) is 32.3 Å². The predicted octanol–water partition coefficient (Wildman–Crippen LogP) is 0.180. The average molecular weight is 316 g/mol. The number of carbonyl (C=O) groups is 1. The SMILES string of the molecule is CCCNc1ccc(S(=O)(=O)NCC(N)=O)cc1[N+](=O)[O-]. The molecule has 0 heterocycles. The molecule has 0 saturated heterocycles. The van der Waals surface area contributed by atoms with Crippen molar-refractivity contribution in [1.82, 2.24) is 4.72 Å². The van der Waals surface area contributed by atoms with E-state index in [9.17, 15) is 23.3 Å². The summed E-state index contributed by atoms with van der Waals surface area (Å²) in [6.45, 7) is 1.84. The molecule has 0 radical (unpaired) electrons. The molecule has 0 aliphatic rings. The quantitative estimate of drug-likeness (QED) is 0.461. The lowest BCUT2D eigenvalue weighted by Crippen LogP contribution is -2.33. The highest BCUT2D eigenvalue weighted by molar-refractivity contribution is 7.89. The minimum Gasteiger partial charge on any atom is -0.380 e. The van der Waals surface area contributed by atoms with E-state index >= 15 is 0 Å². The number of nitro groups is 1. The van der Waals surface area contributed by atoms with Crippen LogP contribution in [0.2, 0.25) is 0 Å². The number of nitrogens with one attached hydrogen (secondary N) is 2. The maximum Gasteiger partial charge on any atom is 0.293 e. The van der Waals surface area contributed by atoms with Crippen molar-refractivity contribution in [2.24, 2.45) is 5.73 Å². The summed E-state index contributed by atoms with van der Waals surface area (Å²) in [5, 5.41) is 13.8. The largest absolute Gasteiger partial charge is 0.380 e. The molecule has 0 bridgehead atoms. The van der Waals surface area contributed by atoms with Crippen molar-refractivity contribution >= 4 is 27.3 Å². The molecule has 10 heteroatoms. The molecule has 1 rings (SSSR count). The molecule has 0 spiro atoms. The van der Waals surface area contributed by atoms with E-state index in [1.165, 1.54) is 12.1 Å². The average Bonchev–Trinajstić information content (AvgIpc) is 2.42. The molecule has 9 nitrogen and oxygen atoms in total. The third kappa shape index (κ3) is 4.68. The molecule has 0 aliphatic heterocycles. The number of nitro benzene ring substituents is 1. The Labute approximate surface area is 121 Å². The van der Waals surface area contributed by atoms with Crippen LogP contribution in [0.1, 0.15) is 13.3 Å². The summed E-state index contributed by atoms with van der Waals surface area (Å²) in [6.07, 6.45) is 0.761. The zero-order chi connectivity index (χ0) is 16.0. The van der Waals surface area contributed by atoms with E-state index in [4.69, 9.17) is 5.73 Å². The van der Waals surface area contributed by atoms with Gasteiger partial charge in [-0.25, -0.2) is 13.1 Å². The fourth-order valence-corrected chi connectivity index (χ4v) is 2.50. The number of benzene rings is 1. The summed E-state index contributed by atoms with van der Waals surface area (Å²) in [5.74, 6) is -0.852. The summed E-state index contributed by atoms with van der Waals surface area (Å²) in [4.78, 5) is 20.6.